The lowest BCUT2D eigenvalue weighted by Crippen LogP contribution is -2.24. The highest BCUT2D eigenvalue weighted by atomic mass is 16.5. The van der Waals surface area contributed by atoms with E-state index in [2.05, 4.69) is 13.8 Å². The quantitative estimate of drug-likeness (QED) is 0.691. The van der Waals surface area contributed by atoms with Crippen LogP contribution in [0.25, 0.3) is 0 Å². The molecule has 0 spiro atoms. The summed E-state index contributed by atoms with van der Waals surface area (Å²) < 4.78 is 5.77. The monoisotopic (exact) mass is 199 g/mol. The van der Waals surface area contributed by atoms with Crippen LogP contribution in [0.1, 0.15) is 46.0 Å². The van der Waals surface area contributed by atoms with Crippen LogP contribution in [-0.4, -0.2) is 19.3 Å². The minimum Gasteiger partial charge on any atom is -0.378 e. The summed E-state index contributed by atoms with van der Waals surface area (Å²) in [6.07, 6.45) is 6.75. The van der Waals surface area contributed by atoms with Crippen molar-refractivity contribution in [2.24, 2.45) is 17.6 Å². The van der Waals surface area contributed by atoms with Crippen LogP contribution in [-0.2, 0) is 4.74 Å². The second-order valence-corrected chi connectivity index (χ2v) is 4.79. The molecule has 0 heterocycles. The first-order valence-electron chi connectivity index (χ1n) is 6.05. The fourth-order valence-electron chi connectivity index (χ4n) is 2.26. The molecule has 0 unspecified atom stereocenters. The Bertz CT molecular complexity index is 139. The third-order valence-electron chi connectivity index (χ3n) is 3.36. The molecule has 1 aliphatic rings. The third-order valence-corrected chi connectivity index (χ3v) is 3.36. The summed E-state index contributed by atoms with van der Waals surface area (Å²) in [6.45, 7) is 6.27. The van der Waals surface area contributed by atoms with Crippen molar-refractivity contribution >= 4 is 0 Å². The van der Waals surface area contributed by atoms with Crippen molar-refractivity contribution in [1.29, 1.82) is 0 Å². The molecule has 0 saturated heterocycles. The molecule has 2 heteroatoms. The second kappa shape index (κ2) is 6.41. The van der Waals surface area contributed by atoms with E-state index in [0.717, 1.165) is 31.4 Å². The molecule has 0 bridgehead atoms. The Morgan fingerprint density at radius 2 is 1.86 bits per heavy atom. The minimum absolute atomic E-state index is 0.525. The first-order valence-corrected chi connectivity index (χ1v) is 6.05. The zero-order valence-electron chi connectivity index (χ0n) is 9.67. The molecule has 0 aromatic carbocycles. The zero-order chi connectivity index (χ0) is 10.4. The van der Waals surface area contributed by atoms with Crippen LogP contribution >= 0.6 is 0 Å². The molecular formula is C12H25NO. The zero-order valence-corrected chi connectivity index (χ0v) is 9.67. The molecule has 0 atom stereocenters. The molecule has 1 saturated carbocycles. The Labute approximate surface area is 88.2 Å². The largest absolute Gasteiger partial charge is 0.378 e. The maximum Gasteiger partial charge on any atom is 0.0575 e. The van der Waals surface area contributed by atoms with Crippen molar-refractivity contribution in [1.82, 2.24) is 0 Å². The Kier molecular flexibility index (Phi) is 5.49. The maximum absolute atomic E-state index is 5.77. The van der Waals surface area contributed by atoms with E-state index in [0.29, 0.717) is 6.10 Å². The van der Waals surface area contributed by atoms with Gasteiger partial charge in [0.1, 0.15) is 0 Å². The van der Waals surface area contributed by atoms with Crippen LogP contribution in [0.15, 0.2) is 0 Å². The summed E-state index contributed by atoms with van der Waals surface area (Å²) in [6, 6.07) is 0. The molecular weight excluding hydrogens is 174 g/mol. The van der Waals surface area contributed by atoms with Gasteiger partial charge in [-0.05, 0) is 50.5 Å². The van der Waals surface area contributed by atoms with Gasteiger partial charge in [0.2, 0.25) is 0 Å². The fourth-order valence-corrected chi connectivity index (χ4v) is 2.26. The molecule has 0 radical (unpaired) electrons. The smallest absolute Gasteiger partial charge is 0.0575 e. The lowest BCUT2D eigenvalue weighted by molar-refractivity contribution is 0.0128. The highest BCUT2D eigenvalue weighted by Gasteiger charge is 2.23. The van der Waals surface area contributed by atoms with Gasteiger partial charge in [-0.15, -0.1) is 0 Å². The first-order chi connectivity index (χ1) is 6.74. The molecule has 1 fully saturated rings. The van der Waals surface area contributed by atoms with Crippen LogP contribution in [0.5, 0.6) is 0 Å². The number of hydrogen-bond donors (Lipinski definition) is 1. The molecule has 0 amide bonds. The third kappa shape index (κ3) is 3.97. The Balaban J connectivity index is 2.09. The fraction of sp³-hybridized carbons (Fsp3) is 1.00. The van der Waals surface area contributed by atoms with E-state index in [1.165, 1.54) is 25.7 Å². The lowest BCUT2D eigenvalue weighted by atomic mass is 9.80. The van der Waals surface area contributed by atoms with Crippen molar-refractivity contribution in [3.63, 3.8) is 0 Å². The predicted octanol–water partition coefficient (Wildman–Crippen LogP) is 2.57. The van der Waals surface area contributed by atoms with Crippen molar-refractivity contribution in [2.45, 2.75) is 52.1 Å². The van der Waals surface area contributed by atoms with Gasteiger partial charge in [0.05, 0.1) is 6.10 Å². The van der Waals surface area contributed by atoms with Crippen molar-refractivity contribution in [3.8, 4) is 0 Å². The van der Waals surface area contributed by atoms with Gasteiger partial charge in [0.25, 0.3) is 0 Å². The topological polar surface area (TPSA) is 35.2 Å². The molecule has 0 aromatic rings. The van der Waals surface area contributed by atoms with Gasteiger partial charge < -0.3 is 10.5 Å². The number of nitrogens with two attached hydrogens (primary N) is 1. The minimum atomic E-state index is 0.525. The number of hydrogen-bond acceptors (Lipinski definition) is 2. The van der Waals surface area contributed by atoms with Gasteiger partial charge in [-0.25, -0.2) is 0 Å². The standard InChI is InChI=1S/C12H25NO/c1-10(2)11-4-6-12(7-5-11)14-9-3-8-13/h10-12H,3-9,13H2,1-2H3. The van der Waals surface area contributed by atoms with Crippen molar-refractivity contribution < 1.29 is 4.74 Å². The molecule has 1 rings (SSSR count). The predicted molar refractivity (Wildman–Crippen MR) is 60.2 cm³/mol. The van der Waals surface area contributed by atoms with Gasteiger partial charge in [0, 0.05) is 6.61 Å². The molecule has 14 heavy (non-hydrogen) atoms. The van der Waals surface area contributed by atoms with E-state index in [1.54, 1.807) is 0 Å². The van der Waals surface area contributed by atoms with Crippen LogP contribution in [0.2, 0.25) is 0 Å². The highest BCUT2D eigenvalue weighted by molar-refractivity contribution is 4.74. The summed E-state index contributed by atoms with van der Waals surface area (Å²) >= 11 is 0. The van der Waals surface area contributed by atoms with Gasteiger partial charge in [-0.3, -0.25) is 0 Å². The normalized spacial score (nSPS) is 28.3. The second-order valence-electron chi connectivity index (χ2n) is 4.79. The van der Waals surface area contributed by atoms with E-state index in [-0.39, 0.29) is 0 Å². The van der Waals surface area contributed by atoms with E-state index >= 15 is 0 Å². The average molecular weight is 199 g/mol. The van der Waals surface area contributed by atoms with Gasteiger partial charge in [0.15, 0.2) is 0 Å². The number of ether oxygens (including phenoxy) is 1. The van der Waals surface area contributed by atoms with E-state index in [4.69, 9.17) is 10.5 Å². The van der Waals surface area contributed by atoms with Gasteiger partial charge in [-0.1, -0.05) is 13.8 Å². The molecule has 84 valence electrons. The van der Waals surface area contributed by atoms with Gasteiger partial charge >= 0.3 is 0 Å². The average Bonchev–Trinajstić information content (AvgIpc) is 2.19. The van der Waals surface area contributed by atoms with Crippen molar-refractivity contribution in [3.05, 3.63) is 0 Å². The maximum atomic E-state index is 5.77. The van der Waals surface area contributed by atoms with E-state index in [1.807, 2.05) is 0 Å². The summed E-state index contributed by atoms with van der Waals surface area (Å²) in [5.74, 6) is 1.78. The molecule has 2 nitrogen and oxygen atoms in total. The van der Waals surface area contributed by atoms with Crippen LogP contribution in [0.4, 0.5) is 0 Å². The Morgan fingerprint density at radius 3 is 2.36 bits per heavy atom. The van der Waals surface area contributed by atoms with E-state index < -0.39 is 0 Å². The van der Waals surface area contributed by atoms with Crippen LogP contribution in [0, 0.1) is 11.8 Å². The van der Waals surface area contributed by atoms with Crippen molar-refractivity contribution in [2.75, 3.05) is 13.2 Å². The summed E-state index contributed by atoms with van der Waals surface area (Å²) in [5, 5.41) is 0. The van der Waals surface area contributed by atoms with Gasteiger partial charge in [-0.2, -0.15) is 0 Å². The lowest BCUT2D eigenvalue weighted by Gasteiger charge is -2.30. The highest BCUT2D eigenvalue weighted by Crippen LogP contribution is 2.31. The summed E-state index contributed by atoms with van der Waals surface area (Å²) in [5.41, 5.74) is 5.43. The summed E-state index contributed by atoms with van der Waals surface area (Å²) in [4.78, 5) is 0. The van der Waals surface area contributed by atoms with E-state index in [9.17, 15) is 0 Å². The Hall–Kier alpha value is -0.0800. The molecule has 2 N–H and O–H groups in total. The SMILES string of the molecule is CC(C)C1CCC(OCCCN)CC1. The number of rotatable bonds is 5. The molecule has 1 aliphatic carbocycles. The Morgan fingerprint density at radius 1 is 1.21 bits per heavy atom. The molecule has 0 aromatic heterocycles. The summed E-state index contributed by atoms with van der Waals surface area (Å²) in [7, 11) is 0. The van der Waals surface area contributed by atoms with Crippen LogP contribution < -0.4 is 5.73 Å². The van der Waals surface area contributed by atoms with Crippen LogP contribution in [0.3, 0.4) is 0 Å². The molecule has 0 aliphatic heterocycles. The first kappa shape index (κ1) is 12.0.